The Morgan fingerprint density at radius 2 is 2.05 bits per heavy atom. The number of benzene rings is 2. The number of carbonyl (C=O) groups is 1. The number of halogens is 3. The Kier molecular flexibility index (Phi) is 4.62. The van der Waals surface area contributed by atoms with Crippen molar-refractivity contribution >= 4 is 33.5 Å². The van der Waals surface area contributed by atoms with Gasteiger partial charge in [-0.05, 0) is 46.3 Å². The van der Waals surface area contributed by atoms with Gasteiger partial charge in [0.1, 0.15) is 18.2 Å². The van der Waals surface area contributed by atoms with Gasteiger partial charge in [0.25, 0.3) is 0 Å². The summed E-state index contributed by atoms with van der Waals surface area (Å²) in [5.74, 6) is -1.27. The van der Waals surface area contributed by atoms with E-state index in [9.17, 15) is 9.18 Å². The molecule has 0 aliphatic heterocycles. The van der Waals surface area contributed by atoms with Gasteiger partial charge in [-0.15, -0.1) is 0 Å². The van der Waals surface area contributed by atoms with Gasteiger partial charge in [-0.2, -0.15) is 0 Å². The van der Waals surface area contributed by atoms with Crippen LogP contribution in [0.25, 0.3) is 0 Å². The molecule has 0 unspecified atom stereocenters. The van der Waals surface area contributed by atoms with Crippen molar-refractivity contribution in [2.45, 2.75) is 6.61 Å². The van der Waals surface area contributed by atoms with E-state index in [0.29, 0.717) is 20.8 Å². The molecule has 2 aromatic rings. The molecular weight excluding hydrogens is 351 g/mol. The molecule has 0 atom stereocenters. The Labute approximate surface area is 128 Å². The summed E-state index contributed by atoms with van der Waals surface area (Å²) < 4.78 is 19.2. The summed E-state index contributed by atoms with van der Waals surface area (Å²) in [6, 6.07) is 8.54. The molecule has 6 heteroatoms. The highest BCUT2D eigenvalue weighted by Gasteiger charge is 2.12. The van der Waals surface area contributed by atoms with Gasteiger partial charge in [0.15, 0.2) is 0 Å². The van der Waals surface area contributed by atoms with Crippen LogP contribution in [-0.4, -0.2) is 11.1 Å². The minimum atomic E-state index is -1.20. The van der Waals surface area contributed by atoms with Crippen LogP contribution in [0.2, 0.25) is 5.02 Å². The topological polar surface area (TPSA) is 46.5 Å². The predicted molar refractivity (Wildman–Crippen MR) is 76.8 cm³/mol. The quantitative estimate of drug-likeness (QED) is 0.873. The number of ether oxygens (including phenoxy) is 1. The van der Waals surface area contributed by atoms with Crippen LogP contribution in [0.3, 0.4) is 0 Å². The number of hydrogen-bond donors (Lipinski definition) is 1. The smallest absolute Gasteiger partial charge is 0.336 e. The Morgan fingerprint density at radius 1 is 1.30 bits per heavy atom. The van der Waals surface area contributed by atoms with E-state index < -0.39 is 11.8 Å². The highest BCUT2D eigenvalue weighted by Crippen LogP contribution is 2.29. The summed E-state index contributed by atoms with van der Waals surface area (Å²) in [7, 11) is 0. The van der Waals surface area contributed by atoms with Crippen molar-refractivity contribution in [3.05, 3.63) is 62.8 Å². The largest absolute Gasteiger partial charge is 0.488 e. The Morgan fingerprint density at radius 3 is 2.70 bits per heavy atom. The van der Waals surface area contributed by atoms with Gasteiger partial charge in [-0.3, -0.25) is 0 Å². The first-order chi connectivity index (χ1) is 9.47. The van der Waals surface area contributed by atoms with Gasteiger partial charge < -0.3 is 9.84 Å². The Bertz CT molecular complexity index is 661. The standard InChI is InChI=1S/C14H9BrClFO3/c15-12-5-9(16)2-4-13(12)20-7-8-1-3-10(17)6-11(8)14(18)19/h1-6H,7H2,(H,18,19). The molecule has 0 fully saturated rings. The predicted octanol–water partition coefficient (Wildman–Crippen LogP) is 4.52. The summed E-state index contributed by atoms with van der Waals surface area (Å²) in [5, 5.41) is 9.58. The van der Waals surface area contributed by atoms with Crippen LogP contribution < -0.4 is 4.74 Å². The fourth-order valence-electron chi connectivity index (χ4n) is 1.62. The number of carboxylic acids is 1. The van der Waals surface area contributed by atoms with Gasteiger partial charge in [-0.1, -0.05) is 17.7 Å². The van der Waals surface area contributed by atoms with Crippen molar-refractivity contribution in [1.82, 2.24) is 0 Å². The maximum Gasteiger partial charge on any atom is 0.336 e. The van der Waals surface area contributed by atoms with Crippen molar-refractivity contribution in [2.75, 3.05) is 0 Å². The van der Waals surface area contributed by atoms with E-state index in [2.05, 4.69) is 15.9 Å². The molecule has 0 bridgehead atoms. The van der Waals surface area contributed by atoms with Gasteiger partial charge in [0, 0.05) is 10.6 Å². The average Bonchev–Trinajstić information content (AvgIpc) is 2.38. The van der Waals surface area contributed by atoms with Crippen LogP contribution in [0.1, 0.15) is 15.9 Å². The van der Waals surface area contributed by atoms with E-state index in [1.807, 2.05) is 0 Å². The summed E-state index contributed by atoms with van der Waals surface area (Å²) in [4.78, 5) is 11.0. The van der Waals surface area contributed by atoms with Crippen LogP contribution in [0.15, 0.2) is 40.9 Å². The molecule has 20 heavy (non-hydrogen) atoms. The maximum absolute atomic E-state index is 13.1. The zero-order chi connectivity index (χ0) is 14.7. The molecule has 2 rings (SSSR count). The van der Waals surface area contributed by atoms with E-state index >= 15 is 0 Å². The second-order valence-electron chi connectivity index (χ2n) is 3.97. The van der Waals surface area contributed by atoms with Crippen LogP contribution in [-0.2, 0) is 6.61 Å². The molecule has 0 saturated carbocycles. The highest BCUT2D eigenvalue weighted by atomic mass is 79.9. The van der Waals surface area contributed by atoms with Crippen molar-refractivity contribution in [3.63, 3.8) is 0 Å². The molecule has 1 N–H and O–H groups in total. The average molecular weight is 360 g/mol. The molecule has 0 amide bonds. The van der Waals surface area contributed by atoms with Crippen molar-refractivity contribution in [3.8, 4) is 5.75 Å². The molecule has 0 heterocycles. The molecule has 3 nitrogen and oxygen atoms in total. The minimum Gasteiger partial charge on any atom is -0.488 e. The lowest BCUT2D eigenvalue weighted by atomic mass is 10.1. The van der Waals surface area contributed by atoms with Crippen LogP contribution in [0.4, 0.5) is 4.39 Å². The van der Waals surface area contributed by atoms with E-state index in [1.54, 1.807) is 18.2 Å². The lowest BCUT2D eigenvalue weighted by Gasteiger charge is -2.10. The zero-order valence-electron chi connectivity index (χ0n) is 10.1. The molecular formula is C14H9BrClFO3. The van der Waals surface area contributed by atoms with Crippen LogP contribution >= 0.6 is 27.5 Å². The van der Waals surface area contributed by atoms with Gasteiger partial charge in [0.2, 0.25) is 0 Å². The molecule has 0 spiro atoms. The molecule has 0 aliphatic rings. The SMILES string of the molecule is O=C(O)c1cc(F)ccc1COc1ccc(Cl)cc1Br. The Balaban J connectivity index is 2.20. The van der Waals surface area contributed by atoms with Gasteiger partial charge in [-0.25, -0.2) is 9.18 Å². The van der Waals surface area contributed by atoms with E-state index in [-0.39, 0.29) is 12.2 Å². The van der Waals surface area contributed by atoms with Gasteiger partial charge >= 0.3 is 5.97 Å². The molecule has 0 aliphatic carbocycles. The van der Waals surface area contributed by atoms with E-state index in [1.165, 1.54) is 12.1 Å². The van der Waals surface area contributed by atoms with Crippen molar-refractivity contribution < 1.29 is 19.0 Å². The summed E-state index contributed by atoms with van der Waals surface area (Å²) in [5.41, 5.74) is 0.274. The fraction of sp³-hybridized carbons (Fsp3) is 0.0714. The normalized spacial score (nSPS) is 10.3. The third-order valence-corrected chi connectivity index (χ3v) is 3.43. The number of hydrogen-bond acceptors (Lipinski definition) is 2. The van der Waals surface area contributed by atoms with E-state index in [4.69, 9.17) is 21.4 Å². The molecule has 0 aromatic heterocycles. The lowest BCUT2D eigenvalue weighted by Crippen LogP contribution is -2.06. The third kappa shape index (κ3) is 3.49. The minimum absolute atomic E-state index is 0.0160. The number of carboxylic acid groups (broad SMARTS) is 1. The van der Waals surface area contributed by atoms with Crippen LogP contribution in [0.5, 0.6) is 5.75 Å². The second-order valence-corrected chi connectivity index (χ2v) is 5.26. The summed E-state index contributed by atoms with van der Waals surface area (Å²) in [6.07, 6.45) is 0. The lowest BCUT2D eigenvalue weighted by molar-refractivity contribution is 0.0693. The summed E-state index contributed by atoms with van der Waals surface area (Å²) >= 11 is 9.11. The zero-order valence-corrected chi connectivity index (χ0v) is 12.4. The number of rotatable bonds is 4. The van der Waals surface area contributed by atoms with Crippen LogP contribution in [0, 0.1) is 5.82 Å². The molecule has 104 valence electrons. The fourth-order valence-corrected chi connectivity index (χ4v) is 2.42. The Hall–Kier alpha value is -1.59. The highest BCUT2D eigenvalue weighted by molar-refractivity contribution is 9.10. The summed E-state index contributed by atoms with van der Waals surface area (Å²) in [6.45, 7) is 0.0160. The van der Waals surface area contributed by atoms with Crippen molar-refractivity contribution in [1.29, 1.82) is 0 Å². The molecule has 0 saturated heterocycles. The first-order valence-electron chi connectivity index (χ1n) is 5.57. The molecule has 2 aromatic carbocycles. The first-order valence-corrected chi connectivity index (χ1v) is 6.74. The first kappa shape index (κ1) is 14.8. The maximum atomic E-state index is 13.1. The number of aromatic carboxylic acids is 1. The van der Waals surface area contributed by atoms with E-state index in [0.717, 1.165) is 6.07 Å². The second kappa shape index (κ2) is 6.24. The van der Waals surface area contributed by atoms with Gasteiger partial charge in [0.05, 0.1) is 10.0 Å². The third-order valence-electron chi connectivity index (χ3n) is 2.58. The van der Waals surface area contributed by atoms with Crippen molar-refractivity contribution in [2.24, 2.45) is 0 Å². The molecule has 0 radical (unpaired) electrons. The monoisotopic (exact) mass is 358 g/mol.